The molecule has 0 aliphatic heterocycles. The molecular weight excluding hydrogens is 822 g/mol. The van der Waals surface area contributed by atoms with Crippen molar-refractivity contribution in [1.82, 2.24) is 49.8 Å². The third-order valence-electron chi connectivity index (χ3n) is 7.22. The van der Waals surface area contributed by atoms with Crippen molar-refractivity contribution < 1.29 is 37.5 Å². The van der Waals surface area contributed by atoms with Crippen molar-refractivity contribution in [3.05, 3.63) is 133 Å². The second kappa shape index (κ2) is 27.7. The van der Waals surface area contributed by atoms with E-state index in [0.717, 1.165) is 35.6 Å². The van der Waals surface area contributed by atoms with Gasteiger partial charge in [-0.2, -0.15) is 10.2 Å². The number of nitrogens with zero attached hydrogens (tertiary/aromatic N) is 10. The zero-order chi connectivity index (χ0) is 44.7. The Morgan fingerprint density at radius 2 is 1.06 bits per heavy atom. The number of hydrogen-bond acceptors (Lipinski definition) is 14. The topological polar surface area (TPSA) is 246 Å². The van der Waals surface area contributed by atoms with Gasteiger partial charge in [0, 0.05) is 25.3 Å². The van der Waals surface area contributed by atoms with Gasteiger partial charge in [0.2, 0.25) is 0 Å². The highest BCUT2D eigenvalue weighted by Crippen LogP contribution is 2.26. The number of nitrogens with two attached hydrogens (primary N) is 2. The maximum Gasteiger partial charge on any atom is 0.300 e. The predicted molar refractivity (Wildman–Crippen MR) is 235 cm³/mol. The van der Waals surface area contributed by atoms with Gasteiger partial charge in [-0.05, 0) is 43.2 Å². The second-order valence-electron chi connectivity index (χ2n) is 12.0. The van der Waals surface area contributed by atoms with E-state index in [1.54, 1.807) is 35.1 Å². The molecule has 0 amide bonds. The molecule has 5 N–H and O–H groups in total. The Labute approximate surface area is 361 Å². The average molecular weight is 873 g/mol. The molecule has 0 atom stereocenters. The number of aliphatic carboxylic acids is 1. The number of benzene rings is 2. The first-order chi connectivity index (χ1) is 29.5. The highest BCUT2D eigenvalue weighted by Gasteiger charge is 2.18. The van der Waals surface area contributed by atoms with Crippen LogP contribution in [0.25, 0.3) is 45.8 Å². The fraction of sp³-hybridized carbons (Fsp3) is 0.209. The van der Waals surface area contributed by atoms with E-state index >= 15 is 0 Å². The van der Waals surface area contributed by atoms with Crippen LogP contribution >= 0.6 is 0 Å². The zero-order valence-corrected chi connectivity index (χ0v) is 35.8. The molecular formula is C43H51F3N12O5. The Morgan fingerprint density at radius 3 is 1.43 bits per heavy atom. The molecule has 63 heavy (non-hydrogen) atoms. The van der Waals surface area contributed by atoms with Gasteiger partial charge in [0.1, 0.15) is 46.9 Å². The summed E-state index contributed by atoms with van der Waals surface area (Å²) in [6.07, 6.45) is 5.67. The van der Waals surface area contributed by atoms with E-state index in [4.69, 9.17) is 30.4 Å². The number of carbonyl (C=O) groups excluding carboxylic acids is 1. The van der Waals surface area contributed by atoms with E-state index in [9.17, 15) is 9.18 Å². The molecule has 6 heterocycles. The van der Waals surface area contributed by atoms with E-state index in [-0.39, 0.29) is 26.8 Å². The lowest BCUT2D eigenvalue weighted by Gasteiger charge is -2.05. The minimum Gasteiger partial charge on any atom is -0.481 e. The molecule has 0 radical (unpaired) electrons. The third-order valence-corrected chi connectivity index (χ3v) is 7.22. The summed E-state index contributed by atoms with van der Waals surface area (Å²) in [7, 11) is 0. The van der Waals surface area contributed by atoms with E-state index < -0.39 is 11.8 Å². The molecule has 0 unspecified atom stereocenters. The summed E-state index contributed by atoms with van der Waals surface area (Å²) in [5, 5.41) is 24.6. The molecule has 8 rings (SSSR count). The Bertz CT molecular complexity index is 2480. The first-order valence-corrected chi connectivity index (χ1v) is 19.1. The van der Waals surface area contributed by atoms with Gasteiger partial charge in [-0.3, -0.25) is 23.6 Å². The highest BCUT2D eigenvalue weighted by molar-refractivity contribution is 5.72. The highest BCUT2D eigenvalue weighted by atomic mass is 19.1. The number of halogens is 3. The fourth-order valence-corrected chi connectivity index (χ4v) is 4.91. The number of carboxylic acids is 1. The molecule has 0 spiro atoms. The smallest absolute Gasteiger partial charge is 0.300 e. The molecule has 0 saturated carbocycles. The molecule has 0 bridgehead atoms. The van der Waals surface area contributed by atoms with E-state index in [0.29, 0.717) is 47.5 Å². The minimum atomic E-state index is -0.833. The monoisotopic (exact) mass is 872 g/mol. The zero-order valence-electron chi connectivity index (χ0n) is 35.8. The van der Waals surface area contributed by atoms with Crippen molar-refractivity contribution in [1.29, 1.82) is 0 Å². The van der Waals surface area contributed by atoms with Crippen molar-refractivity contribution in [3.63, 3.8) is 0 Å². The van der Waals surface area contributed by atoms with Gasteiger partial charge in [-0.1, -0.05) is 98.7 Å². The van der Waals surface area contributed by atoms with Crippen molar-refractivity contribution in [3.8, 4) is 45.8 Å². The number of Topliss-reactive ketones (excluding diaryl/α,β-unsaturated/α-hetero) is 1. The molecule has 17 nitrogen and oxygen atoms in total. The van der Waals surface area contributed by atoms with Gasteiger partial charge in [-0.15, -0.1) is 0 Å². The van der Waals surface area contributed by atoms with Crippen LogP contribution in [0.15, 0.2) is 125 Å². The van der Waals surface area contributed by atoms with Gasteiger partial charge in [0.15, 0.2) is 23.3 Å². The van der Waals surface area contributed by atoms with Crippen LogP contribution in [0.5, 0.6) is 0 Å². The van der Waals surface area contributed by atoms with E-state index in [1.807, 2.05) is 99.1 Å². The lowest BCUT2D eigenvalue weighted by atomic mass is 10.2. The lowest BCUT2D eigenvalue weighted by molar-refractivity contribution is -0.134. The second-order valence-corrected chi connectivity index (χ2v) is 12.0. The van der Waals surface area contributed by atoms with Crippen LogP contribution in [0.2, 0.25) is 0 Å². The number of carboxylic acid groups (broad SMARTS) is 1. The van der Waals surface area contributed by atoms with E-state index in [1.165, 1.54) is 26.4 Å². The lowest BCUT2D eigenvalue weighted by Crippen LogP contribution is -2.04. The third kappa shape index (κ3) is 16.9. The van der Waals surface area contributed by atoms with Gasteiger partial charge >= 0.3 is 0 Å². The summed E-state index contributed by atoms with van der Waals surface area (Å²) in [4.78, 5) is 34.8. The Balaban J connectivity index is 0.000000493. The number of rotatable bonds is 8. The first kappa shape index (κ1) is 53.0. The number of nitrogen functional groups attached to an aromatic ring is 2. The molecule has 334 valence electrons. The van der Waals surface area contributed by atoms with Crippen LogP contribution in [0.1, 0.15) is 59.6 Å². The van der Waals surface area contributed by atoms with Crippen LogP contribution in [0, 0.1) is 5.82 Å². The Kier molecular flexibility index (Phi) is 23.3. The number of aromatic nitrogens is 10. The molecule has 8 aromatic rings. The maximum absolute atomic E-state index is 13.3. The van der Waals surface area contributed by atoms with Crippen LogP contribution in [-0.2, 0) is 22.7 Å². The van der Waals surface area contributed by atoms with Crippen molar-refractivity contribution in [2.45, 2.75) is 61.6 Å². The number of carbonyl (C=O) groups is 2. The Morgan fingerprint density at radius 1 is 0.651 bits per heavy atom. The predicted octanol–water partition coefficient (Wildman–Crippen LogP) is 8.43. The minimum absolute atomic E-state index is 0. The van der Waals surface area contributed by atoms with Crippen LogP contribution < -0.4 is 11.5 Å². The molecule has 0 fully saturated rings. The largest absolute Gasteiger partial charge is 0.481 e. The molecule has 0 aliphatic rings. The fourth-order valence-electron chi connectivity index (χ4n) is 4.91. The van der Waals surface area contributed by atoms with Crippen molar-refractivity contribution >= 4 is 23.4 Å². The molecule has 20 heteroatoms. The summed E-state index contributed by atoms with van der Waals surface area (Å²) >= 11 is 0. The normalized spacial score (nSPS) is 9.46. The van der Waals surface area contributed by atoms with Crippen LogP contribution in [0.4, 0.5) is 25.4 Å². The van der Waals surface area contributed by atoms with Gasteiger partial charge in [-0.25, -0.2) is 24.3 Å². The molecule has 0 aliphatic carbocycles. The van der Waals surface area contributed by atoms with Crippen molar-refractivity contribution in [2.24, 2.45) is 0 Å². The SMILES string of the molecule is CC.CC.CC(=O)O.CC(C)=O.F.F.Nc1ccnc(-c2cc(-c3ccon3)n(Cc3ccccc3)n2)n1.Nc1nc(-c2cc(-c3ccon3)n(Cc3ccccc3)n2)ncc1F. The average Bonchev–Trinajstić information content (AvgIpc) is 4.10. The van der Waals surface area contributed by atoms with Gasteiger partial charge < -0.3 is 30.4 Å². The number of anilines is 2. The quantitative estimate of drug-likeness (QED) is 0.130. The van der Waals surface area contributed by atoms with Gasteiger partial charge in [0.05, 0.1) is 30.7 Å². The van der Waals surface area contributed by atoms with Crippen LogP contribution in [0.3, 0.4) is 0 Å². The Hall–Kier alpha value is -8.03. The first-order valence-electron chi connectivity index (χ1n) is 19.1. The summed E-state index contributed by atoms with van der Waals surface area (Å²) in [6.45, 7) is 13.3. The molecule has 6 aromatic heterocycles. The van der Waals surface area contributed by atoms with E-state index in [2.05, 4.69) is 40.4 Å². The van der Waals surface area contributed by atoms with Crippen LogP contribution in [-0.4, -0.2) is 66.7 Å². The number of hydrogen-bond donors (Lipinski definition) is 3. The summed E-state index contributed by atoms with van der Waals surface area (Å²) in [5.41, 5.74) is 17.5. The van der Waals surface area contributed by atoms with Crippen molar-refractivity contribution in [2.75, 3.05) is 11.5 Å². The summed E-state index contributed by atoms with van der Waals surface area (Å²) < 4.78 is 26.8. The summed E-state index contributed by atoms with van der Waals surface area (Å²) in [5.74, 6) is -0.419. The summed E-state index contributed by atoms with van der Waals surface area (Å²) in [6, 6.07) is 28.8. The number of ketones is 1. The van der Waals surface area contributed by atoms with Gasteiger partial charge in [0.25, 0.3) is 5.97 Å². The molecule has 2 aromatic carbocycles. The molecule has 0 saturated heterocycles. The maximum atomic E-state index is 13.3. The standard InChI is InChI=1S/C17H13FN6O.C17H14N6O.C3H6O.C2H4O2.2C2H6.2FH/c18-12-9-20-17(21-16(12)19)14-8-15(13-6-7-25-23-13)24(22-14)10-11-4-2-1-3-5-11;18-16-6-8-19-17(20-16)14-10-15(13-7-9-24-22-13)23(21-14)11-12-4-2-1-3-5-12;1-3(2)4;1-2(3)4;2*1-2;;/h1-9H,10H2,(H2,19,20,21);1-10H,11H2,(H2,18,19,20);1-2H3;1H3,(H,3,4);2*1-2H3;2*1H.